The van der Waals surface area contributed by atoms with Gasteiger partial charge in [-0.05, 0) is 37.7 Å². The average Bonchev–Trinajstić information content (AvgIpc) is 3.06. The van der Waals surface area contributed by atoms with Crippen molar-refractivity contribution in [3.8, 4) is 0 Å². The Morgan fingerprint density at radius 2 is 1.81 bits per heavy atom. The van der Waals surface area contributed by atoms with E-state index >= 15 is 0 Å². The molecule has 2 heterocycles. The molecule has 3 rings (SSSR count). The summed E-state index contributed by atoms with van der Waals surface area (Å²) in [4.78, 5) is 23.9. The first-order valence-corrected chi connectivity index (χ1v) is 9.37. The predicted octanol–water partition coefficient (Wildman–Crippen LogP) is 2.22. The van der Waals surface area contributed by atoms with Gasteiger partial charge in [0.15, 0.2) is 0 Å². The first-order chi connectivity index (χ1) is 12.6. The van der Waals surface area contributed by atoms with Crippen LogP contribution in [0, 0.1) is 0 Å². The van der Waals surface area contributed by atoms with Gasteiger partial charge >= 0.3 is 0 Å². The molecule has 1 aliphatic heterocycles. The maximum Gasteiger partial charge on any atom is 0.254 e. The molecule has 1 aliphatic rings. The van der Waals surface area contributed by atoms with Crippen LogP contribution in [0.2, 0.25) is 0 Å². The van der Waals surface area contributed by atoms with E-state index < -0.39 is 0 Å². The molecule has 26 heavy (non-hydrogen) atoms. The summed E-state index contributed by atoms with van der Waals surface area (Å²) in [6.07, 6.45) is 4.61. The van der Waals surface area contributed by atoms with Crippen LogP contribution in [0.4, 0.5) is 5.69 Å². The molecule has 0 saturated carbocycles. The number of hydrogen-bond donors (Lipinski definition) is 0. The normalized spacial score (nSPS) is 15.3. The molecule has 6 nitrogen and oxygen atoms in total. The lowest BCUT2D eigenvalue weighted by molar-refractivity contribution is 0.0737. The zero-order valence-corrected chi connectivity index (χ0v) is 16.1. The molecule has 0 unspecified atom stereocenters. The molecule has 0 atom stereocenters. The Labute approximate surface area is 156 Å². The largest absolute Gasteiger partial charge is 0.369 e. The van der Waals surface area contributed by atoms with Gasteiger partial charge in [0.2, 0.25) is 0 Å². The third-order valence-corrected chi connectivity index (χ3v) is 5.02. The van der Waals surface area contributed by atoms with E-state index in [0.29, 0.717) is 6.54 Å². The molecule has 1 aromatic heterocycles. The van der Waals surface area contributed by atoms with Crippen LogP contribution < -0.4 is 4.90 Å². The van der Waals surface area contributed by atoms with Crippen LogP contribution in [0.1, 0.15) is 29.5 Å². The summed E-state index contributed by atoms with van der Waals surface area (Å²) >= 11 is 0. The van der Waals surface area contributed by atoms with Gasteiger partial charge in [0.25, 0.3) is 5.91 Å². The number of hydrogen-bond acceptors (Lipinski definition) is 4. The van der Waals surface area contributed by atoms with E-state index in [-0.39, 0.29) is 5.91 Å². The zero-order chi connectivity index (χ0) is 18.5. The standard InChI is InChI=1S/C20H29N5O/c1-4-10-25(16-19-21-9-11-23(19)3)20(26)17-5-7-18(8-6-17)24-14-12-22(2)13-15-24/h5-9,11H,4,10,12-16H2,1-3H3. The first kappa shape index (κ1) is 18.5. The van der Waals surface area contributed by atoms with Crippen LogP contribution in [0.3, 0.4) is 0 Å². The van der Waals surface area contributed by atoms with Gasteiger partial charge in [-0.1, -0.05) is 6.92 Å². The molecule has 0 aliphatic carbocycles. The van der Waals surface area contributed by atoms with Crippen molar-refractivity contribution in [2.75, 3.05) is 44.7 Å². The van der Waals surface area contributed by atoms with E-state index in [1.165, 1.54) is 5.69 Å². The molecule has 1 amide bonds. The zero-order valence-electron chi connectivity index (χ0n) is 16.1. The smallest absolute Gasteiger partial charge is 0.254 e. The highest BCUT2D eigenvalue weighted by atomic mass is 16.2. The monoisotopic (exact) mass is 355 g/mol. The van der Waals surface area contributed by atoms with Crippen molar-refractivity contribution in [1.29, 1.82) is 0 Å². The predicted molar refractivity (Wildman–Crippen MR) is 104 cm³/mol. The van der Waals surface area contributed by atoms with Crippen molar-refractivity contribution in [3.63, 3.8) is 0 Å². The van der Waals surface area contributed by atoms with Gasteiger partial charge in [-0.15, -0.1) is 0 Å². The van der Waals surface area contributed by atoms with E-state index in [9.17, 15) is 4.79 Å². The van der Waals surface area contributed by atoms with Gasteiger partial charge < -0.3 is 19.3 Å². The van der Waals surface area contributed by atoms with Gasteiger partial charge in [-0.25, -0.2) is 4.98 Å². The summed E-state index contributed by atoms with van der Waals surface area (Å²) in [6.45, 7) is 7.58. The second-order valence-electron chi connectivity index (χ2n) is 7.02. The van der Waals surface area contributed by atoms with Crippen molar-refractivity contribution < 1.29 is 4.79 Å². The molecular formula is C20H29N5O. The van der Waals surface area contributed by atoms with Crippen LogP contribution in [-0.4, -0.2) is 65.0 Å². The van der Waals surface area contributed by atoms with Crippen molar-refractivity contribution in [2.24, 2.45) is 7.05 Å². The minimum absolute atomic E-state index is 0.0692. The van der Waals surface area contributed by atoms with Crippen molar-refractivity contribution in [2.45, 2.75) is 19.9 Å². The van der Waals surface area contributed by atoms with E-state index in [1.807, 2.05) is 34.8 Å². The third kappa shape index (κ3) is 4.25. The highest BCUT2D eigenvalue weighted by molar-refractivity contribution is 5.94. The summed E-state index contributed by atoms with van der Waals surface area (Å²) in [5, 5.41) is 0. The number of rotatable bonds is 6. The lowest BCUT2D eigenvalue weighted by atomic mass is 10.1. The lowest BCUT2D eigenvalue weighted by Gasteiger charge is -2.34. The van der Waals surface area contributed by atoms with Crippen molar-refractivity contribution in [1.82, 2.24) is 19.4 Å². The molecule has 1 fully saturated rings. The Balaban J connectivity index is 1.69. The van der Waals surface area contributed by atoms with Crippen LogP contribution in [0.25, 0.3) is 0 Å². The molecule has 0 spiro atoms. The molecule has 6 heteroatoms. The maximum absolute atomic E-state index is 13.0. The van der Waals surface area contributed by atoms with Crippen LogP contribution in [-0.2, 0) is 13.6 Å². The van der Waals surface area contributed by atoms with Crippen LogP contribution >= 0.6 is 0 Å². The second-order valence-corrected chi connectivity index (χ2v) is 7.02. The van der Waals surface area contributed by atoms with Crippen LogP contribution in [0.5, 0.6) is 0 Å². The van der Waals surface area contributed by atoms with E-state index in [2.05, 4.69) is 40.9 Å². The van der Waals surface area contributed by atoms with Crippen molar-refractivity contribution >= 4 is 11.6 Å². The number of imidazole rings is 1. The number of carbonyl (C=O) groups is 1. The number of benzene rings is 1. The van der Waals surface area contributed by atoms with Gasteiger partial charge in [0, 0.05) is 63.4 Å². The number of amides is 1. The summed E-state index contributed by atoms with van der Waals surface area (Å²) in [5.74, 6) is 0.973. The molecule has 140 valence electrons. The molecule has 2 aromatic rings. The number of aromatic nitrogens is 2. The molecule has 1 saturated heterocycles. The summed E-state index contributed by atoms with van der Waals surface area (Å²) in [5.41, 5.74) is 1.94. The SMILES string of the molecule is CCCN(Cc1nccn1C)C(=O)c1ccc(N2CCN(C)CC2)cc1. The Bertz CT molecular complexity index is 716. The van der Waals surface area contributed by atoms with E-state index in [0.717, 1.165) is 50.5 Å². The van der Waals surface area contributed by atoms with E-state index in [1.54, 1.807) is 6.20 Å². The maximum atomic E-state index is 13.0. The fourth-order valence-corrected chi connectivity index (χ4v) is 3.30. The molecule has 1 aromatic carbocycles. The highest BCUT2D eigenvalue weighted by Gasteiger charge is 2.18. The average molecular weight is 355 g/mol. The Kier molecular flexibility index (Phi) is 5.93. The molecule has 0 N–H and O–H groups in total. The van der Waals surface area contributed by atoms with Gasteiger partial charge in [0.1, 0.15) is 5.82 Å². The fourth-order valence-electron chi connectivity index (χ4n) is 3.30. The van der Waals surface area contributed by atoms with Crippen LogP contribution in [0.15, 0.2) is 36.7 Å². The van der Waals surface area contributed by atoms with E-state index in [4.69, 9.17) is 0 Å². The lowest BCUT2D eigenvalue weighted by Crippen LogP contribution is -2.44. The summed E-state index contributed by atoms with van der Waals surface area (Å²) in [6, 6.07) is 8.06. The molecule has 0 bridgehead atoms. The third-order valence-electron chi connectivity index (χ3n) is 5.02. The Morgan fingerprint density at radius 3 is 2.38 bits per heavy atom. The number of piperazine rings is 1. The highest BCUT2D eigenvalue weighted by Crippen LogP contribution is 2.18. The second kappa shape index (κ2) is 8.36. The number of nitrogens with zero attached hydrogens (tertiary/aromatic N) is 5. The summed E-state index contributed by atoms with van der Waals surface area (Å²) in [7, 11) is 4.12. The van der Waals surface area contributed by atoms with Gasteiger partial charge in [-0.3, -0.25) is 4.79 Å². The Morgan fingerprint density at radius 1 is 1.12 bits per heavy atom. The first-order valence-electron chi connectivity index (χ1n) is 9.37. The Hall–Kier alpha value is -2.34. The minimum atomic E-state index is 0.0692. The number of aryl methyl sites for hydroxylation is 1. The van der Waals surface area contributed by atoms with Gasteiger partial charge in [0.05, 0.1) is 6.54 Å². The van der Waals surface area contributed by atoms with Gasteiger partial charge in [-0.2, -0.15) is 0 Å². The van der Waals surface area contributed by atoms with Crippen molar-refractivity contribution in [3.05, 3.63) is 48.0 Å². The topological polar surface area (TPSA) is 44.6 Å². The molecular weight excluding hydrogens is 326 g/mol. The quantitative estimate of drug-likeness (QED) is 0.797. The molecule has 0 radical (unpaired) electrons. The fraction of sp³-hybridized carbons (Fsp3) is 0.500. The number of carbonyl (C=O) groups excluding carboxylic acids is 1. The number of likely N-dealkylation sites (N-methyl/N-ethyl adjacent to an activating group) is 1. The number of anilines is 1. The summed E-state index contributed by atoms with van der Waals surface area (Å²) < 4.78 is 1.96. The minimum Gasteiger partial charge on any atom is -0.369 e.